The lowest BCUT2D eigenvalue weighted by atomic mass is 10.1. The molecule has 0 aliphatic rings. The highest BCUT2D eigenvalue weighted by Gasteiger charge is 2.11. The van der Waals surface area contributed by atoms with E-state index in [9.17, 15) is 4.79 Å². The summed E-state index contributed by atoms with van der Waals surface area (Å²) in [6, 6.07) is 21.1. The zero-order valence-electron chi connectivity index (χ0n) is 11.8. The molecule has 106 valence electrons. The van der Waals surface area contributed by atoms with Crippen molar-refractivity contribution in [3.8, 4) is 10.4 Å². The summed E-state index contributed by atoms with van der Waals surface area (Å²) >= 11 is 1.50. The smallest absolute Gasteiger partial charge is 0.187 e. The number of nitrogens with zero attached hydrogens (tertiary/aromatic N) is 1. The number of benzene rings is 2. The quantitative estimate of drug-likeness (QED) is 0.467. The maximum Gasteiger partial charge on any atom is 0.187 e. The normalized spacial score (nSPS) is 10.1. The van der Waals surface area contributed by atoms with E-state index in [1.165, 1.54) is 11.3 Å². The lowest BCUT2D eigenvalue weighted by Crippen LogP contribution is -2.00. The predicted molar refractivity (Wildman–Crippen MR) is 90.5 cm³/mol. The fourth-order valence-corrected chi connectivity index (χ4v) is 3.16. The van der Waals surface area contributed by atoms with Crippen LogP contribution in [0.5, 0.6) is 0 Å². The Hall–Kier alpha value is -2.70. The van der Waals surface area contributed by atoms with Crippen molar-refractivity contribution in [2.24, 2.45) is 0 Å². The molecule has 0 atom stereocenters. The molecule has 1 heterocycles. The minimum absolute atomic E-state index is 0.139. The molecule has 0 amide bonds. The number of hydrogen-bond donors (Lipinski definition) is 0. The summed E-state index contributed by atoms with van der Waals surface area (Å²) in [6.07, 6.45) is 0.428. The van der Waals surface area contributed by atoms with Gasteiger partial charge in [-0.25, -0.2) is 4.85 Å². The van der Waals surface area contributed by atoms with Crippen LogP contribution in [0.15, 0.2) is 66.7 Å². The molecule has 3 heteroatoms. The van der Waals surface area contributed by atoms with E-state index in [1.807, 2.05) is 54.6 Å². The lowest BCUT2D eigenvalue weighted by Gasteiger charge is -1.99. The van der Waals surface area contributed by atoms with Crippen LogP contribution in [0, 0.1) is 6.57 Å². The summed E-state index contributed by atoms with van der Waals surface area (Å²) in [5.74, 6) is 0.139. The Labute approximate surface area is 133 Å². The average molecular weight is 303 g/mol. The third-order valence-electron chi connectivity index (χ3n) is 3.37. The molecule has 1 aromatic heterocycles. The third kappa shape index (κ3) is 3.13. The first kappa shape index (κ1) is 14.2. The van der Waals surface area contributed by atoms with Gasteiger partial charge in [0.2, 0.25) is 0 Å². The molecule has 0 fully saturated rings. The SMILES string of the molecule is [C-]#[N+]c1ccc(-c2ccc(C(=O)Cc3ccccc3)s2)cc1. The Morgan fingerprint density at radius 2 is 1.68 bits per heavy atom. The second-order valence-electron chi connectivity index (χ2n) is 4.91. The van der Waals surface area contributed by atoms with Crippen molar-refractivity contribution in [1.29, 1.82) is 0 Å². The van der Waals surface area contributed by atoms with Crippen LogP contribution in [-0.4, -0.2) is 5.78 Å². The van der Waals surface area contributed by atoms with Crippen LogP contribution >= 0.6 is 11.3 Å². The second-order valence-corrected chi connectivity index (χ2v) is 5.99. The first-order valence-corrected chi connectivity index (χ1v) is 7.73. The Kier molecular flexibility index (Phi) is 4.13. The van der Waals surface area contributed by atoms with Crippen molar-refractivity contribution < 1.29 is 4.79 Å². The first-order valence-electron chi connectivity index (χ1n) is 6.91. The molecular formula is C19H13NOS. The number of carbonyl (C=O) groups excluding carboxylic acids is 1. The van der Waals surface area contributed by atoms with Crippen molar-refractivity contribution in [2.75, 3.05) is 0 Å². The Balaban J connectivity index is 1.78. The van der Waals surface area contributed by atoms with E-state index >= 15 is 0 Å². The molecule has 0 spiro atoms. The summed E-state index contributed by atoms with van der Waals surface area (Å²) in [4.78, 5) is 17.5. The average Bonchev–Trinajstić information content (AvgIpc) is 3.06. The van der Waals surface area contributed by atoms with E-state index in [1.54, 1.807) is 12.1 Å². The van der Waals surface area contributed by atoms with Crippen LogP contribution in [0.2, 0.25) is 0 Å². The number of ketones is 1. The molecule has 0 bridgehead atoms. The van der Waals surface area contributed by atoms with Crippen LogP contribution in [0.1, 0.15) is 15.2 Å². The highest BCUT2D eigenvalue weighted by Crippen LogP contribution is 2.30. The number of Topliss-reactive ketones (excluding diaryl/α,β-unsaturated/α-hetero) is 1. The number of carbonyl (C=O) groups is 1. The van der Waals surface area contributed by atoms with Gasteiger partial charge in [0, 0.05) is 11.3 Å². The lowest BCUT2D eigenvalue weighted by molar-refractivity contribution is 0.0997. The molecule has 0 N–H and O–H groups in total. The Morgan fingerprint density at radius 1 is 0.955 bits per heavy atom. The Morgan fingerprint density at radius 3 is 2.36 bits per heavy atom. The van der Waals surface area contributed by atoms with Gasteiger partial charge in [-0.3, -0.25) is 4.79 Å². The van der Waals surface area contributed by atoms with Crippen molar-refractivity contribution in [3.63, 3.8) is 0 Å². The van der Waals surface area contributed by atoms with E-state index < -0.39 is 0 Å². The highest BCUT2D eigenvalue weighted by molar-refractivity contribution is 7.17. The van der Waals surface area contributed by atoms with Gasteiger partial charge in [-0.15, -0.1) is 11.3 Å². The van der Waals surface area contributed by atoms with Gasteiger partial charge < -0.3 is 0 Å². The van der Waals surface area contributed by atoms with Crippen LogP contribution < -0.4 is 0 Å². The molecule has 22 heavy (non-hydrogen) atoms. The summed E-state index contributed by atoms with van der Waals surface area (Å²) < 4.78 is 0. The molecule has 0 aliphatic carbocycles. The number of rotatable bonds is 4. The summed E-state index contributed by atoms with van der Waals surface area (Å²) in [7, 11) is 0. The van der Waals surface area contributed by atoms with Gasteiger partial charge in [0.05, 0.1) is 11.4 Å². The van der Waals surface area contributed by atoms with Gasteiger partial charge >= 0.3 is 0 Å². The van der Waals surface area contributed by atoms with Crippen LogP contribution in [0.25, 0.3) is 15.3 Å². The molecule has 0 saturated carbocycles. The van der Waals surface area contributed by atoms with E-state index in [4.69, 9.17) is 6.57 Å². The minimum Gasteiger partial charge on any atom is -0.293 e. The van der Waals surface area contributed by atoms with E-state index in [0.717, 1.165) is 20.9 Å². The van der Waals surface area contributed by atoms with Crippen molar-refractivity contribution in [3.05, 3.63) is 88.6 Å². The first-order chi connectivity index (χ1) is 10.8. The number of hydrogen-bond acceptors (Lipinski definition) is 2. The van der Waals surface area contributed by atoms with Crippen molar-refractivity contribution in [2.45, 2.75) is 6.42 Å². The molecular weight excluding hydrogens is 290 g/mol. The largest absolute Gasteiger partial charge is 0.293 e. The molecule has 0 saturated heterocycles. The van der Waals surface area contributed by atoms with Gasteiger partial charge in [0.25, 0.3) is 0 Å². The fourth-order valence-electron chi connectivity index (χ4n) is 2.21. The molecule has 0 radical (unpaired) electrons. The zero-order chi connectivity index (χ0) is 15.4. The Bertz CT molecular complexity index is 826. The van der Waals surface area contributed by atoms with Crippen LogP contribution in [-0.2, 0) is 6.42 Å². The monoisotopic (exact) mass is 303 g/mol. The maximum absolute atomic E-state index is 12.3. The molecule has 0 aliphatic heterocycles. The van der Waals surface area contributed by atoms with Crippen LogP contribution in [0.3, 0.4) is 0 Å². The van der Waals surface area contributed by atoms with Gasteiger partial charge in [-0.05, 0) is 23.3 Å². The molecule has 2 nitrogen and oxygen atoms in total. The van der Waals surface area contributed by atoms with E-state index in [0.29, 0.717) is 12.1 Å². The molecule has 0 unspecified atom stereocenters. The number of thiophene rings is 1. The zero-order valence-corrected chi connectivity index (χ0v) is 12.6. The maximum atomic E-state index is 12.3. The second kappa shape index (κ2) is 6.38. The van der Waals surface area contributed by atoms with Crippen LogP contribution in [0.4, 0.5) is 5.69 Å². The van der Waals surface area contributed by atoms with Gasteiger partial charge in [0.1, 0.15) is 0 Å². The van der Waals surface area contributed by atoms with Crippen molar-refractivity contribution in [1.82, 2.24) is 0 Å². The molecule has 3 rings (SSSR count). The topological polar surface area (TPSA) is 21.4 Å². The van der Waals surface area contributed by atoms with E-state index in [-0.39, 0.29) is 5.78 Å². The molecule has 3 aromatic rings. The summed E-state index contributed by atoms with van der Waals surface area (Å²) in [6.45, 7) is 6.97. The predicted octanol–water partition coefficient (Wildman–Crippen LogP) is 5.39. The fraction of sp³-hybridized carbons (Fsp3) is 0.0526. The highest BCUT2D eigenvalue weighted by atomic mass is 32.1. The van der Waals surface area contributed by atoms with E-state index in [2.05, 4.69) is 4.85 Å². The molecule has 2 aromatic carbocycles. The van der Waals surface area contributed by atoms with Gasteiger partial charge in [0.15, 0.2) is 11.5 Å². The standard InChI is InChI=1S/C19H13NOS/c1-20-16-9-7-15(8-10-16)18-11-12-19(22-18)17(21)13-14-5-3-2-4-6-14/h2-12H,13H2. The van der Waals surface area contributed by atoms with Gasteiger partial charge in [-0.2, -0.15) is 0 Å². The summed E-state index contributed by atoms with van der Waals surface area (Å²) in [5.41, 5.74) is 2.70. The summed E-state index contributed by atoms with van der Waals surface area (Å²) in [5, 5.41) is 0. The minimum atomic E-state index is 0.139. The van der Waals surface area contributed by atoms with Crippen molar-refractivity contribution >= 4 is 22.8 Å². The van der Waals surface area contributed by atoms with Gasteiger partial charge in [-0.1, -0.05) is 54.6 Å². The third-order valence-corrected chi connectivity index (χ3v) is 4.54.